The summed E-state index contributed by atoms with van der Waals surface area (Å²) < 4.78 is 40.0. The van der Waals surface area contributed by atoms with Crippen LogP contribution in [-0.2, 0) is 14.3 Å². The van der Waals surface area contributed by atoms with Crippen molar-refractivity contribution in [3.05, 3.63) is 23.9 Å². The number of nitriles is 1. The molecule has 0 unspecified atom stereocenters. The standard InChI is InChI=1S/C14H12F3N3O3/c15-14(16,17)13(22)23-12(21)10-2-5-20(6-3-10)11-7-9(8-18)1-4-19-11/h1,4,7,10H,2-3,5-6H2. The van der Waals surface area contributed by atoms with Crippen molar-refractivity contribution in [3.8, 4) is 6.07 Å². The van der Waals surface area contributed by atoms with Gasteiger partial charge in [-0.15, -0.1) is 0 Å². The van der Waals surface area contributed by atoms with Gasteiger partial charge >= 0.3 is 18.1 Å². The highest BCUT2D eigenvalue weighted by Crippen LogP contribution is 2.24. The molecule has 0 aliphatic carbocycles. The van der Waals surface area contributed by atoms with E-state index >= 15 is 0 Å². The van der Waals surface area contributed by atoms with E-state index in [4.69, 9.17) is 5.26 Å². The van der Waals surface area contributed by atoms with Crippen LogP contribution >= 0.6 is 0 Å². The minimum atomic E-state index is -5.18. The third kappa shape index (κ3) is 4.18. The maximum absolute atomic E-state index is 12.1. The number of pyridine rings is 1. The van der Waals surface area contributed by atoms with Crippen molar-refractivity contribution in [2.24, 2.45) is 5.92 Å². The number of piperidine rings is 1. The molecule has 1 aliphatic rings. The first-order valence-corrected chi connectivity index (χ1v) is 6.75. The minimum Gasteiger partial charge on any atom is -0.386 e. The molecular formula is C14H12F3N3O3. The fourth-order valence-corrected chi connectivity index (χ4v) is 2.24. The Morgan fingerprint density at radius 1 is 1.35 bits per heavy atom. The van der Waals surface area contributed by atoms with E-state index in [0.29, 0.717) is 24.5 Å². The van der Waals surface area contributed by atoms with Crippen LogP contribution in [0.3, 0.4) is 0 Å². The number of rotatable bonds is 2. The van der Waals surface area contributed by atoms with Gasteiger partial charge in [0.15, 0.2) is 0 Å². The molecule has 0 bridgehead atoms. The molecule has 0 radical (unpaired) electrons. The molecule has 1 fully saturated rings. The highest BCUT2D eigenvalue weighted by Gasteiger charge is 2.43. The highest BCUT2D eigenvalue weighted by molar-refractivity contribution is 5.89. The van der Waals surface area contributed by atoms with Gasteiger partial charge in [-0.25, -0.2) is 9.78 Å². The highest BCUT2D eigenvalue weighted by atomic mass is 19.4. The molecule has 1 aliphatic heterocycles. The van der Waals surface area contributed by atoms with Crippen LogP contribution in [0, 0.1) is 17.2 Å². The van der Waals surface area contributed by atoms with Gasteiger partial charge in [-0.1, -0.05) is 0 Å². The molecule has 9 heteroatoms. The summed E-state index contributed by atoms with van der Waals surface area (Å²) in [6.07, 6.45) is -3.22. The molecule has 0 atom stereocenters. The predicted octanol–water partition coefficient (Wildman–Crippen LogP) is 1.80. The van der Waals surface area contributed by atoms with Crippen molar-refractivity contribution in [3.63, 3.8) is 0 Å². The number of halogens is 3. The van der Waals surface area contributed by atoms with Gasteiger partial charge in [-0.05, 0) is 25.0 Å². The van der Waals surface area contributed by atoms with Gasteiger partial charge in [0.25, 0.3) is 0 Å². The fraction of sp³-hybridized carbons (Fsp3) is 0.429. The largest absolute Gasteiger partial charge is 0.491 e. The lowest BCUT2D eigenvalue weighted by molar-refractivity contribution is -0.203. The number of nitrogens with zero attached hydrogens (tertiary/aromatic N) is 3. The summed E-state index contributed by atoms with van der Waals surface area (Å²) in [6.45, 7) is 0.726. The smallest absolute Gasteiger partial charge is 0.386 e. The zero-order valence-corrected chi connectivity index (χ0v) is 11.8. The number of alkyl halides is 3. The molecule has 6 nitrogen and oxygen atoms in total. The molecule has 0 N–H and O–H groups in total. The van der Waals surface area contributed by atoms with E-state index in [1.807, 2.05) is 11.0 Å². The van der Waals surface area contributed by atoms with Crippen LogP contribution in [0.4, 0.5) is 19.0 Å². The predicted molar refractivity (Wildman–Crippen MR) is 71.0 cm³/mol. The summed E-state index contributed by atoms with van der Waals surface area (Å²) in [7, 11) is 0. The average Bonchev–Trinajstić information content (AvgIpc) is 2.54. The minimum absolute atomic E-state index is 0.239. The van der Waals surface area contributed by atoms with E-state index in [2.05, 4.69) is 9.72 Å². The van der Waals surface area contributed by atoms with Crippen LogP contribution in [0.5, 0.6) is 0 Å². The third-order valence-electron chi connectivity index (χ3n) is 3.45. The van der Waals surface area contributed by atoms with Crippen molar-refractivity contribution in [2.45, 2.75) is 19.0 Å². The maximum Gasteiger partial charge on any atom is 0.491 e. The Balaban J connectivity index is 1.92. The maximum atomic E-state index is 12.1. The van der Waals surface area contributed by atoms with Crippen molar-refractivity contribution in [1.82, 2.24) is 4.98 Å². The van der Waals surface area contributed by atoms with E-state index < -0.39 is 24.0 Å². The Labute approximate surface area is 129 Å². The van der Waals surface area contributed by atoms with Crippen LogP contribution in [0.25, 0.3) is 0 Å². The summed E-state index contributed by atoms with van der Waals surface area (Å²) in [4.78, 5) is 28.2. The molecule has 0 aromatic carbocycles. The first-order chi connectivity index (χ1) is 10.8. The molecule has 1 saturated heterocycles. The SMILES string of the molecule is N#Cc1ccnc(N2CCC(C(=O)OC(=O)C(F)(F)F)CC2)c1. The Hall–Kier alpha value is -2.63. The van der Waals surface area contributed by atoms with Gasteiger partial charge in [-0.3, -0.25) is 4.79 Å². The van der Waals surface area contributed by atoms with E-state index in [1.54, 1.807) is 12.1 Å². The van der Waals surface area contributed by atoms with E-state index in [1.165, 1.54) is 6.20 Å². The van der Waals surface area contributed by atoms with Crippen LogP contribution in [0.15, 0.2) is 18.3 Å². The number of ether oxygens (including phenoxy) is 1. The van der Waals surface area contributed by atoms with Crippen molar-refractivity contribution in [1.29, 1.82) is 5.26 Å². The number of hydrogen-bond donors (Lipinski definition) is 0. The molecule has 2 heterocycles. The quantitative estimate of drug-likeness (QED) is 0.608. The van der Waals surface area contributed by atoms with Gasteiger partial charge in [0.2, 0.25) is 0 Å². The Bertz CT molecular complexity index is 647. The van der Waals surface area contributed by atoms with Gasteiger partial charge in [0, 0.05) is 19.3 Å². The normalized spacial score (nSPS) is 15.8. The molecule has 122 valence electrons. The number of esters is 2. The summed E-state index contributed by atoms with van der Waals surface area (Å²) in [6, 6.07) is 5.13. The lowest BCUT2D eigenvalue weighted by Gasteiger charge is -2.31. The summed E-state index contributed by atoms with van der Waals surface area (Å²) in [5, 5.41) is 8.84. The third-order valence-corrected chi connectivity index (χ3v) is 3.45. The Morgan fingerprint density at radius 3 is 2.57 bits per heavy atom. The summed E-state index contributed by atoms with van der Waals surface area (Å²) in [5.74, 6) is -3.86. The molecule has 0 saturated carbocycles. The van der Waals surface area contributed by atoms with E-state index in [-0.39, 0.29) is 12.8 Å². The first kappa shape index (κ1) is 16.7. The van der Waals surface area contributed by atoms with E-state index in [9.17, 15) is 22.8 Å². The Morgan fingerprint density at radius 2 is 2.00 bits per heavy atom. The molecule has 2 rings (SSSR count). The fourth-order valence-electron chi connectivity index (χ4n) is 2.24. The molecule has 0 amide bonds. The number of aromatic nitrogens is 1. The summed E-state index contributed by atoms with van der Waals surface area (Å²) >= 11 is 0. The zero-order valence-electron chi connectivity index (χ0n) is 11.8. The second kappa shape index (κ2) is 6.64. The van der Waals surface area contributed by atoms with Crippen molar-refractivity contribution < 1.29 is 27.5 Å². The number of carbonyl (C=O) groups excluding carboxylic acids is 2. The number of hydrogen-bond acceptors (Lipinski definition) is 6. The second-order valence-electron chi connectivity index (χ2n) is 4.98. The molecular weight excluding hydrogens is 315 g/mol. The molecule has 1 aromatic rings. The average molecular weight is 327 g/mol. The van der Waals surface area contributed by atoms with Crippen molar-refractivity contribution >= 4 is 17.8 Å². The van der Waals surface area contributed by atoms with Crippen molar-refractivity contribution in [2.75, 3.05) is 18.0 Å². The molecule has 1 aromatic heterocycles. The van der Waals surface area contributed by atoms with Gasteiger partial charge in [-0.2, -0.15) is 18.4 Å². The van der Waals surface area contributed by atoms with Gasteiger partial charge in [0.05, 0.1) is 17.6 Å². The Kier molecular flexibility index (Phi) is 4.83. The molecule has 23 heavy (non-hydrogen) atoms. The number of carbonyl (C=O) groups is 2. The number of anilines is 1. The topological polar surface area (TPSA) is 83.3 Å². The van der Waals surface area contributed by atoms with E-state index in [0.717, 1.165) is 0 Å². The second-order valence-corrected chi connectivity index (χ2v) is 4.98. The van der Waals surface area contributed by atoms with Gasteiger partial charge in [0.1, 0.15) is 5.82 Å². The lowest BCUT2D eigenvalue weighted by atomic mass is 9.97. The van der Waals surface area contributed by atoms with Crippen LogP contribution in [-0.4, -0.2) is 36.2 Å². The summed E-state index contributed by atoms with van der Waals surface area (Å²) in [5.41, 5.74) is 0.437. The monoisotopic (exact) mass is 327 g/mol. The zero-order chi connectivity index (χ0) is 17.0. The van der Waals surface area contributed by atoms with Crippen LogP contribution < -0.4 is 4.90 Å². The molecule has 0 spiro atoms. The lowest BCUT2D eigenvalue weighted by Crippen LogP contribution is -2.39. The van der Waals surface area contributed by atoms with Crippen LogP contribution in [0.1, 0.15) is 18.4 Å². The van der Waals surface area contributed by atoms with Crippen LogP contribution in [0.2, 0.25) is 0 Å². The first-order valence-electron chi connectivity index (χ1n) is 6.75. The van der Waals surface area contributed by atoms with Gasteiger partial charge < -0.3 is 9.64 Å².